The zero-order valence-corrected chi connectivity index (χ0v) is 10.6. The molecule has 2 aromatic carbocycles. The van der Waals surface area contributed by atoms with Crippen LogP contribution in [0.3, 0.4) is 0 Å². The summed E-state index contributed by atoms with van der Waals surface area (Å²) in [6, 6.07) is 16.7. The Morgan fingerprint density at radius 1 is 1.05 bits per heavy atom. The number of rotatable bonds is 3. The Morgan fingerprint density at radius 2 is 1.74 bits per heavy atom. The van der Waals surface area contributed by atoms with Crippen LogP contribution in [0.15, 0.2) is 59.7 Å². The molecule has 0 saturated heterocycles. The molecule has 0 unspecified atom stereocenters. The number of carbonyl (C=O) groups excluding carboxylic acids is 1. The number of amides is 2. The Labute approximate surface area is 112 Å². The number of hydrogen-bond acceptors (Lipinski definition) is 2. The van der Waals surface area contributed by atoms with Crippen LogP contribution in [0.5, 0.6) is 0 Å². The van der Waals surface area contributed by atoms with Gasteiger partial charge in [-0.25, -0.2) is 10.2 Å². The molecule has 0 atom stereocenters. The molecule has 0 saturated carbocycles. The fourth-order valence-electron chi connectivity index (χ4n) is 1.50. The number of hydrazone groups is 1. The number of carbonyl (C=O) groups is 1. The summed E-state index contributed by atoms with van der Waals surface area (Å²) in [6.07, 6.45) is 1.60. The first-order chi connectivity index (χ1) is 9.24. The van der Waals surface area contributed by atoms with Gasteiger partial charge in [-0.3, -0.25) is 0 Å². The SMILES string of the molecule is Cc1ccc(/C=N/NC(=O)Nc2ccccc2)cc1. The molecule has 2 aromatic rings. The van der Waals surface area contributed by atoms with E-state index in [0.29, 0.717) is 0 Å². The second kappa shape index (κ2) is 6.35. The first-order valence-electron chi connectivity index (χ1n) is 5.96. The molecule has 96 valence electrons. The zero-order chi connectivity index (χ0) is 13.5. The normalized spacial score (nSPS) is 10.4. The second-order valence-corrected chi connectivity index (χ2v) is 4.10. The van der Waals surface area contributed by atoms with Crippen molar-refractivity contribution in [1.29, 1.82) is 0 Å². The zero-order valence-electron chi connectivity index (χ0n) is 10.6. The minimum Gasteiger partial charge on any atom is -0.307 e. The molecule has 19 heavy (non-hydrogen) atoms. The molecule has 0 spiro atoms. The number of nitrogens with one attached hydrogen (secondary N) is 2. The Morgan fingerprint density at radius 3 is 2.42 bits per heavy atom. The topological polar surface area (TPSA) is 53.5 Å². The van der Waals surface area contributed by atoms with E-state index in [-0.39, 0.29) is 6.03 Å². The molecule has 0 aliphatic rings. The van der Waals surface area contributed by atoms with Crippen LogP contribution in [-0.4, -0.2) is 12.2 Å². The van der Waals surface area contributed by atoms with E-state index in [1.165, 1.54) is 5.56 Å². The van der Waals surface area contributed by atoms with Gasteiger partial charge in [-0.15, -0.1) is 0 Å². The van der Waals surface area contributed by atoms with Gasteiger partial charge in [0.1, 0.15) is 0 Å². The van der Waals surface area contributed by atoms with Gasteiger partial charge in [-0.1, -0.05) is 48.0 Å². The molecule has 4 nitrogen and oxygen atoms in total. The maximum absolute atomic E-state index is 11.5. The number of nitrogens with zero attached hydrogens (tertiary/aromatic N) is 1. The van der Waals surface area contributed by atoms with Crippen molar-refractivity contribution in [2.24, 2.45) is 5.10 Å². The predicted octanol–water partition coefficient (Wildman–Crippen LogP) is 3.15. The molecule has 2 amide bonds. The third kappa shape index (κ3) is 4.27. The van der Waals surface area contributed by atoms with Crippen molar-refractivity contribution < 1.29 is 4.79 Å². The summed E-state index contributed by atoms with van der Waals surface area (Å²) < 4.78 is 0. The van der Waals surface area contributed by atoms with Crippen LogP contribution >= 0.6 is 0 Å². The highest BCUT2D eigenvalue weighted by Crippen LogP contribution is 2.04. The number of benzene rings is 2. The molecule has 0 radical (unpaired) electrons. The fraction of sp³-hybridized carbons (Fsp3) is 0.0667. The largest absolute Gasteiger partial charge is 0.339 e. The highest BCUT2D eigenvalue weighted by Gasteiger charge is 1.97. The van der Waals surface area contributed by atoms with Crippen molar-refractivity contribution in [1.82, 2.24) is 5.43 Å². The molecular formula is C15H15N3O. The monoisotopic (exact) mass is 253 g/mol. The summed E-state index contributed by atoms with van der Waals surface area (Å²) in [5.74, 6) is 0. The maximum Gasteiger partial charge on any atom is 0.339 e. The van der Waals surface area contributed by atoms with Gasteiger partial charge in [-0.05, 0) is 24.6 Å². The van der Waals surface area contributed by atoms with E-state index < -0.39 is 0 Å². The van der Waals surface area contributed by atoms with Crippen LogP contribution in [0.1, 0.15) is 11.1 Å². The average Bonchev–Trinajstić information content (AvgIpc) is 2.42. The standard InChI is InChI=1S/C15H15N3O/c1-12-7-9-13(10-8-12)11-16-18-15(19)17-14-5-3-2-4-6-14/h2-11H,1H3,(H2,17,18,19)/b16-11+. The highest BCUT2D eigenvalue weighted by atomic mass is 16.2. The van der Waals surface area contributed by atoms with Crippen molar-refractivity contribution in [2.75, 3.05) is 5.32 Å². The van der Waals surface area contributed by atoms with Gasteiger partial charge in [0.15, 0.2) is 0 Å². The van der Waals surface area contributed by atoms with Gasteiger partial charge in [0.2, 0.25) is 0 Å². The summed E-state index contributed by atoms with van der Waals surface area (Å²) in [5.41, 5.74) is 5.26. The average molecular weight is 253 g/mol. The van der Waals surface area contributed by atoms with E-state index in [1.54, 1.807) is 6.21 Å². The Balaban J connectivity index is 1.85. The minimum absolute atomic E-state index is 0.366. The second-order valence-electron chi connectivity index (χ2n) is 4.10. The number of aryl methyl sites for hydroxylation is 1. The molecule has 0 aliphatic carbocycles. The number of anilines is 1. The molecule has 0 aliphatic heterocycles. The Kier molecular flexibility index (Phi) is 4.29. The van der Waals surface area contributed by atoms with Gasteiger partial charge < -0.3 is 5.32 Å². The molecule has 0 fully saturated rings. The van der Waals surface area contributed by atoms with Gasteiger partial charge in [0.25, 0.3) is 0 Å². The molecule has 2 rings (SSSR count). The van der Waals surface area contributed by atoms with E-state index in [4.69, 9.17) is 0 Å². The minimum atomic E-state index is -0.366. The summed E-state index contributed by atoms with van der Waals surface area (Å²) in [4.78, 5) is 11.5. The van der Waals surface area contributed by atoms with Crippen LogP contribution in [0.4, 0.5) is 10.5 Å². The predicted molar refractivity (Wildman–Crippen MR) is 77.4 cm³/mol. The van der Waals surface area contributed by atoms with Gasteiger partial charge in [0, 0.05) is 5.69 Å². The Bertz CT molecular complexity index is 562. The first kappa shape index (κ1) is 12.8. The lowest BCUT2D eigenvalue weighted by atomic mass is 10.2. The maximum atomic E-state index is 11.5. The summed E-state index contributed by atoms with van der Waals surface area (Å²) in [6.45, 7) is 2.02. The third-order valence-corrected chi connectivity index (χ3v) is 2.49. The van der Waals surface area contributed by atoms with Gasteiger partial charge in [0.05, 0.1) is 6.21 Å². The van der Waals surface area contributed by atoms with Crippen LogP contribution in [0, 0.1) is 6.92 Å². The molecule has 2 N–H and O–H groups in total. The summed E-state index contributed by atoms with van der Waals surface area (Å²) in [5, 5.41) is 6.55. The molecule has 0 bridgehead atoms. The molecular weight excluding hydrogens is 238 g/mol. The molecule has 0 aromatic heterocycles. The van der Waals surface area contributed by atoms with Gasteiger partial charge in [-0.2, -0.15) is 5.10 Å². The van der Waals surface area contributed by atoms with Crippen LogP contribution in [0.25, 0.3) is 0 Å². The van der Waals surface area contributed by atoms with Gasteiger partial charge >= 0.3 is 6.03 Å². The van der Waals surface area contributed by atoms with Crippen molar-refractivity contribution in [2.45, 2.75) is 6.92 Å². The summed E-state index contributed by atoms with van der Waals surface area (Å²) >= 11 is 0. The molecule has 0 heterocycles. The smallest absolute Gasteiger partial charge is 0.307 e. The fourth-order valence-corrected chi connectivity index (χ4v) is 1.50. The summed E-state index contributed by atoms with van der Waals surface area (Å²) in [7, 11) is 0. The van der Waals surface area contributed by atoms with Crippen LogP contribution < -0.4 is 10.7 Å². The van der Waals surface area contributed by atoms with Crippen molar-refractivity contribution in [3.8, 4) is 0 Å². The molecule has 4 heteroatoms. The quantitative estimate of drug-likeness (QED) is 0.640. The van der Waals surface area contributed by atoms with E-state index in [1.807, 2.05) is 61.5 Å². The van der Waals surface area contributed by atoms with E-state index in [9.17, 15) is 4.79 Å². The van der Waals surface area contributed by atoms with E-state index in [0.717, 1.165) is 11.3 Å². The lowest BCUT2D eigenvalue weighted by molar-refractivity contribution is 0.252. The first-order valence-corrected chi connectivity index (χ1v) is 5.96. The van der Waals surface area contributed by atoms with Crippen molar-refractivity contribution in [3.63, 3.8) is 0 Å². The lowest BCUT2D eigenvalue weighted by Crippen LogP contribution is -2.24. The Hall–Kier alpha value is -2.62. The van der Waals surface area contributed by atoms with Crippen molar-refractivity contribution in [3.05, 3.63) is 65.7 Å². The lowest BCUT2D eigenvalue weighted by Gasteiger charge is -2.03. The van der Waals surface area contributed by atoms with Crippen molar-refractivity contribution >= 4 is 17.9 Å². The van der Waals surface area contributed by atoms with Crippen LogP contribution in [0.2, 0.25) is 0 Å². The highest BCUT2D eigenvalue weighted by molar-refractivity contribution is 5.90. The van der Waals surface area contributed by atoms with E-state index in [2.05, 4.69) is 15.8 Å². The number of hydrogen-bond donors (Lipinski definition) is 2. The number of urea groups is 1. The third-order valence-electron chi connectivity index (χ3n) is 2.49. The van der Waals surface area contributed by atoms with E-state index >= 15 is 0 Å². The number of para-hydroxylation sites is 1. The van der Waals surface area contributed by atoms with Crippen LogP contribution in [-0.2, 0) is 0 Å².